The summed E-state index contributed by atoms with van der Waals surface area (Å²) in [5.41, 5.74) is 0.763. The predicted octanol–water partition coefficient (Wildman–Crippen LogP) is 1.70. The molecule has 3 amide bonds. The maximum atomic E-state index is 12.2. The molecule has 1 fully saturated rings. The van der Waals surface area contributed by atoms with Crippen LogP contribution in [0.4, 0.5) is 10.5 Å². The molecule has 2 heterocycles. The highest BCUT2D eigenvalue weighted by atomic mass is 79.9. The number of hydrogen-bond acceptors (Lipinski definition) is 6. The van der Waals surface area contributed by atoms with Crippen LogP contribution in [0.15, 0.2) is 23.2 Å². The Labute approximate surface area is 158 Å². The van der Waals surface area contributed by atoms with Crippen molar-refractivity contribution in [2.24, 2.45) is 4.99 Å². The minimum Gasteiger partial charge on any atom is -0.495 e. The van der Waals surface area contributed by atoms with Gasteiger partial charge in [-0.2, -0.15) is 0 Å². The van der Waals surface area contributed by atoms with E-state index in [2.05, 4.69) is 31.6 Å². The van der Waals surface area contributed by atoms with Gasteiger partial charge in [-0.15, -0.1) is 0 Å². The first kappa shape index (κ1) is 17.8. The van der Waals surface area contributed by atoms with Crippen LogP contribution in [0, 0.1) is 0 Å². The number of fused-ring (bicyclic) bond motifs is 1. The van der Waals surface area contributed by atoms with Gasteiger partial charge in [0, 0.05) is 25.2 Å². The molecular formula is C15H17BrClN5O3. The molecule has 25 heavy (non-hydrogen) atoms. The summed E-state index contributed by atoms with van der Waals surface area (Å²) in [7, 11) is 3.20. The highest BCUT2D eigenvalue weighted by Crippen LogP contribution is 2.28. The lowest BCUT2D eigenvalue weighted by atomic mass is 10.1. The molecule has 2 aliphatic heterocycles. The van der Waals surface area contributed by atoms with E-state index in [1.54, 1.807) is 32.4 Å². The molecule has 0 bridgehead atoms. The number of benzene rings is 1. The van der Waals surface area contributed by atoms with E-state index in [4.69, 9.17) is 16.3 Å². The van der Waals surface area contributed by atoms with E-state index in [0.29, 0.717) is 28.6 Å². The number of imide groups is 1. The predicted molar refractivity (Wildman–Crippen MR) is 98.4 cm³/mol. The number of amidine groups is 1. The molecule has 1 aromatic rings. The first-order chi connectivity index (χ1) is 11.9. The second-order valence-electron chi connectivity index (χ2n) is 5.63. The van der Waals surface area contributed by atoms with Gasteiger partial charge in [0.1, 0.15) is 5.75 Å². The van der Waals surface area contributed by atoms with Crippen LogP contribution >= 0.6 is 27.5 Å². The summed E-state index contributed by atoms with van der Waals surface area (Å²) in [6.45, 7) is 1.02. The van der Waals surface area contributed by atoms with Crippen LogP contribution in [0.5, 0.6) is 5.75 Å². The van der Waals surface area contributed by atoms with Crippen LogP contribution in [0.1, 0.15) is 0 Å². The Morgan fingerprint density at radius 1 is 1.44 bits per heavy atom. The fraction of sp³-hybridized carbons (Fsp3) is 0.400. The van der Waals surface area contributed by atoms with Crippen molar-refractivity contribution in [1.82, 2.24) is 15.1 Å². The average molecular weight is 431 g/mol. The monoisotopic (exact) mass is 429 g/mol. The van der Waals surface area contributed by atoms with Crippen LogP contribution in [0.2, 0.25) is 5.02 Å². The van der Waals surface area contributed by atoms with Crippen molar-refractivity contribution < 1.29 is 14.3 Å². The summed E-state index contributed by atoms with van der Waals surface area (Å²) in [5, 5.41) is 6.18. The molecular weight excluding hydrogens is 414 g/mol. The van der Waals surface area contributed by atoms with E-state index in [1.807, 2.05) is 4.90 Å². The number of carbonyl (C=O) groups excluding carboxylic acids is 2. The third-order valence-corrected chi connectivity index (χ3v) is 5.03. The third-order valence-electron chi connectivity index (χ3n) is 4.14. The zero-order chi connectivity index (χ0) is 18.1. The largest absolute Gasteiger partial charge is 0.495 e. The molecule has 0 aliphatic carbocycles. The van der Waals surface area contributed by atoms with E-state index in [-0.39, 0.29) is 5.91 Å². The average Bonchev–Trinajstić information content (AvgIpc) is 2.90. The van der Waals surface area contributed by atoms with Crippen molar-refractivity contribution in [2.45, 2.75) is 12.2 Å². The second kappa shape index (κ2) is 7.09. The van der Waals surface area contributed by atoms with Crippen LogP contribution in [0.3, 0.4) is 0 Å². The van der Waals surface area contributed by atoms with Gasteiger partial charge in [-0.1, -0.05) is 11.6 Å². The van der Waals surface area contributed by atoms with Gasteiger partial charge in [-0.05, 0) is 34.1 Å². The lowest BCUT2D eigenvalue weighted by Gasteiger charge is -2.35. The van der Waals surface area contributed by atoms with Crippen LogP contribution in [-0.4, -0.2) is 65.9 Å². The molecule has 0 spiro atoms. The van der Waals surface area contributed by atoms with Crippen molar-refractivity contribution >= 4 is 49.9 Å². The van der Waals surface area contributed by atoms with Crippen molar-refractivity contribution in [1.29, 1.82) is 0 Å². The minimum atomic E-state index is -0.555. The number of amides is 3. The Hall–Kier alpha value is -2.00. The number of carbonyl (C=O) groups is 2. The lowest BCUT2D eigenvalue weighted by Crippen LogP contribution is -2.63. The molecule has 0 aromatic heterocycles. The fourth-order valence-corrected chi connectivity index (χ4v) is 3.63. The number of urea groups is 1. The Morgan fingerprint density at radius 3 is 2.92 bits per heavy atom. The molecule has 1 aromatic carbocycles. The van der Waals surface area contributed by atoms with Crippen LogP contribution < -0.4 is 15.4 Å². The lowest BCUT2D eigenvalue weighted by molar-refractivity contribution is -0.127. The molecule has 3 rings (SSSR count). The summed E-state index contributed by atoms with van der Waals surface area (Å²) in [4.78, 5) is 31.5. The number of ether oxygens (including phenoxy) is 1. The van der Waals surface area contributed by atoms with Crippen molar-refractivity contribution in [3.05, 3.63) is 23.2 Å². The maximum absolute atomic E-state index is 12.2. The highest BCUT2D eigenvalue weighted by molar-refractivity contribution is 9.18. The number of anilines is 1. The number of rotatable bonds is 5. The summed E-state index contributed by atoms with van der Waals surface area (Å²) in [5.74, 6) is 0.323. The van der Waals surface area contributed by atoms with E-state index >= 15 is 0 Å². The first-order valence-electron chi connectivity index (χ1n) is 7.57. The molecule has 2 unspecified atom stereocenters. The van der Waals surface area contributed by atoms with Gasteiger partial charge in [0.2, 0.25) is 0 Å². The van der Waals surface area contributed by atoms with Gasteiger partial charge in [0.05, 0.1) is 12.8 Å². The van der Waals surface area contributed by atoms with E-state index < -0.39 is 18.2 Å². The summed E-state index contributed by atoms with van der Waals surface area (Å²) in [6, 6.07) is 4.30. The van der Waals surface area contributed by atoms with Crippen molar-refractivity contribution in [2.75, 3.05) is 32.6 Å². The zero-order valence-electron chi connectivity index (χ0n) is 13.6. The summed E-state index contributed by atoms with van der Waals surface area (Å²) < 4.78 is 5.84. The number of nitrogens with one attached hydrogen (secondary N) is 2. The number of hydrogen-bond donors (Lipinski definition) is 2. The standard InChI is InChI=1S/C15H17BrClN5O3/c1-21-12-11(13(23)20-15(21)24)22(14(16)19-12)6-5-18-9-7-8(17)3-4-10(9)25-2/h3-4,7,11-12,18H,5-6H2,1-2H3,(H,20,23,24). The second-order valence-corrected chi connectivity index (χ2v) is 6.77. The quantitative estimate of drug-likeness (QED) is 0.695. The van der Waals surface area contributed by atoms with Crippen LogP contribution in [-0.2, 0) is 4.79 Å². The SMILES string of the molecule is COc1ccc(Cl)cc1NCCN1C(Br)=NC2C1C(=O)NC(=O)N2C. The number of likely N-dealkylation sites (N-methyl/N-ethyl adjacent to an activating group) is 1. The van der Waals surface area contributed by atoms with E-state index in [0.717, 1.165) is 5.69 Å². The van der Waals surface area contributed by atoms with Gasteiger partial charge in [0.15, 0.2) is 17.0 Å². The summed E-state index contributed by atoms with van der Waals surface area (Å²) in [6.07, 6.45) is -0.531. The smallest absolute Gasteiger partial charge is 0.325 e. The van der Waals surface area contributed by atoms with Gasteiger partial charge in [-0.3, -0.25) is 10.1 Å². The fourth-order valence-electron chi connectivity index (χ4n) is 2.85. The summed E-state index contributed by atoms with van der Waals surface area (Å²) >= 11 is 9.40. The molecule has 2 N–H and O–H groups in total. The minimum absolute atomic E-state index is 0.355. The molecule has 134 valence electrons. The number of halogens is 2. The molecule has 8 nitrogen and oxygen atoms in total. The van der Waals surface area contributed by atoms with Crippen molar-refractivity contribution in [3.8, 4) is 5.75 Å². The number of aliphatic imine (C=N–C) groups is 1. The van der Waals surface area contributed by atoms with Crippen molar-refractivity contribution in [3.63, 3.8) is 0 Å². The van der Waals surface area contributed by atoms with Gasteiger partial charge in [-0.25, -0.2) is 9.79 Å². The van der Waals surface area contributed by atoms with Gasteiger partial charge >= 0.3 is 6.03 Å². The number of nitrogens with zero attached hydrogens (tertiary/aromatic N) is 3. The molecule has 1 saturated heterocycles. The van der Waals surface area contributed by atoms with Crippen LogP contribution in [0.25, 0.3) is 0 Å². The maximum Gasteiger partial charge on any atom is 0.325 e. The Bertz CT molecular complexity index is 744. The highest BCUT2D eigenvalue weighted by Gasteiger charge is 2.47. The Morgan fingerprint density at radius 2 is 2.20 bits per heavy atom. The Kier molecular flexibility index (Phi) is 5.05. The normalized spacial score (nSPS) is 22.5. The van der Waals surface area contributed by atoms with Gasteiger partial charge in [0.25, 0.3) is 5.91 Å². The molecule has 2 aliphatic rings. The molecule has 10 heteroatoms. The molecule has 0 radical (unpaired) electrons. The number of methoxy groups -OCH3 is 1. The zero-order valence-corrected chi connectivity index (χ0v) is 16.0. The molecule has 2 atom stereocenters. The van der Waals surface area contributed by atoms with E-state index in [1.165, 1.54) is 4.90 Å². The third kappa shape index (κ3) is 3.38. The topological polar surface area (TPSA) is 86.3 Å². The van der Waals surface area contributed by atoms with Gasteiger partial charge < -0.3 is 19.9 Å². The molecule has 0 saturated carbocycles. The Balaban J connectivity index is 1.68. The first-order valence-corrected chi connectivity index (χ1v) is 8.74. The van der Waals surface area contributed by atoms with E-state index in [9.17, 15) is 9.59 Å².